The van der Waals surface area contributed by atoms with Gasteiger partial charge in [0.25, 0.3) is 0 Å². The van der Waals surface area contributed by atoms with E-state index >= 15 is 0 Å². The van der Waals surface area contributed by atoms with Gasteiger partial charge in [0, 0.05) is 45.5 Å². The average Bonchev–Trinajstić information content (AvgIpc) is 2.77. The van der Waals surface area contributed by atoms with Gasteiger partial charge in [0.15, 0.2) is 17.6 Å². The summed E-state index contributed by atoms with van der Waals surface area (Å²) >= 11 is 0. The fourth-order valence-electron chi connectivity index (χ4n) is 3.43. The molecular formula is C21H34FN5O3. The summed E-state index contributed by atoms with van der Waals surface area (Å²) in [5.41, 5.74) is 0. The molecule has 3 heterocycles. The number of nitrogens with one attached hydrogen (secondary N) is 1. The van der Waals surface area contributed by atoms with E-state index < -0.39 is 0 Å². The Morgan fingerprint density at radius 3 is 2.87 bits per heavy atom. The number of ether oxygens (including phenoxy) is 3. The molecule has 1 aromatic heterocycles. The van der Waals surface area contributed by atoms with Crippen molar-refractivity contribution in [3.63, 3.8) is 0 Å². The molecule has 0 aromatic carbocycles. The van der Waals surface area contributed by atoms with E-state index in [2.05, 4.69) is 15.2 Å². The number of rotatable bonds is 8. The van der Waals surface area contributed by atoms with Crippen molar-refractivity contribution in [2.24, 2.45) is 4.99 Å². The van der Waals surface area contributed by atoms with Crippen LogP contribution in [0.4, 0.5) is 10.2 Å². The third-order valence-electron chi connectivity index (χ3n) is 5.00. The largest absolute Gasteiger partial charge is 0.379 e. The highest BCUT2D eigenvalue weighted by atomic mass is 19.1. The molecule has 1 atom stereocenters. The van der Waals surface area contributed by atoms with Crippen LogP contribution < -0.4 is 10.2 Å². The number of nitrogens with zero attached hydrogens (tertiary/aromatic N) is 4. The van der Waals surface area contributed by atoms with Crippen LogP contribution in [-0.2, 0) is 14.2 Å². The second-order valence-electron chi connectivity index (χ2n) is 7.71. The predicted octanol–water partition coefficient (Wildman–Crippen LogP) is 1.52. The highest BCUT2D eigenvalue weighted by Crippen LogP contribution is 2.17. The highest BCUT2D eigenvalue weighted by molar-refractivity contribution is 5.80. The van der Waals surface area contributed by atoms with E-state index in [1.165, 1.54) is 6.07 Å². The molecule has 2 aliphatic heterocycles. The maximum absolute atomic E-state index is 14.1. The molecule has 1 aromatic rings. The number of aromatic nitrogens is 1. The summed E-state index contributed by atoms with van der Waals surface area (Å²) in [6.45, 7) is 10.8. The first-order chi connectivity index (χ1) is 14.6. The van der Waals surface area contributed by atoms with E-state index in [0.717, 1.165) is 32.0 Å². The molecule has 8 nitrogen and oxygen atoms in total. The zero-order chi connectivity index (χ0) is 21.2. The van der Waals surface area contributed by atoms with Crippen LogP contribution in [0.5, 0.6) is 0 Å². The lowest BCUT2D eigenvalue weighted by Gasteiger charge is -2.37. The molecule has 2 aliphatic rings. The van der Waals surface area contributed by atoms with Crippen LogP contribution in [0.2, 0.25) is 0 Å². The number of hydrogen-bond acceptors (Lipinski definition) is 6. The van der Waals surface area contributed by atoms with Crippen molar-refractivity contribution in [3.05, 3.63) is 24.1 Å². The fourth-order valence-corrected chi connectivity index (χ4v) is 3.43. The first kappa shape index (κ1) is 22.7. The Labute approximate surface area is 178 Å². The molecule has 9 heteroatoms. The van der Waals surface area contributed by atoms with Crippen LogP contribution in [-0.4, -0.2) is 93.7 Å². The van der Waals surface area contributed by atoms with E-state index in [4.69, 9.17) is 19.2 Å². The maximum atomic E-state index is 14.1. The highest BCUT2D eigenvalue weighted by Gasteiger charge is 2.23. The van der Waals surface area contributed by atoms with E-state index in [0.29, 0.717) is 51.9 Å². The van der Waals surface area contributed by atoms with Crippen LogP contribution in [0.25, 0.3) is 0 Å². The monoisotopic (exact) mass is 423 g/mol. The number of hydrogen-bond donors (Lipinski definition) is 1. The third kappa shape index (κ3) is 7.07. The van der Waals surface area contributed by atoms with Crippen molar-refractivity contribution >= 4 is 11.8 Å². The van der Waals surface area contributed by atoms with Gasteiger partial charge in [-0.3, -0.25) is 4.99 Å². The lowest BCUT2D eigenvalue weighted by Crippen LogP contribution is -2.53. The van der Waals surface area contributed by atoms with Crippen molar-refractivity contribution < 1.29 is 18.6 Å². The predicted molar refractivity (Wildman–Crippen MR) is 115 cm³/mol. The first-order valence-corrected chi connectivity index (χ1v) is 10.8. The van der Waals surface area contributed by atoms with Gasteiger partial charge in [-0.2, -0.15) is 0 Å². The smallest absolute Gasteiger partial charge is 0.194 e. The van der Waals surface area contributed by atoms with E-state index in [9.17, 15) is 4.39 Å². The Balaban J connectivity index is 1.54. The van der Waals surface area contributed by atoms with E-state index in [1.54, 1.807) is 12.3 Å². The van der Waals surface area contributed by atoms with Crippen molar-refractivity contribution in [2.45, 2.75) is 32.5 Å². The van der Waals surface area contributed by atoms with Gasteiger partial charge in [0.05, 0.1) is 32.5 Å². The van der Waals surface area contributed by atoms with Gasteiger partial charge in [0.1, 0.15) is 6.10 Å². The lowest BCUT2D eigenvalue weighted by atomic mass is 10.3. The van der Waals surface area contributed by atoms with Crippen molar-refractivity contribution in [3.8, 4) is 0 Å². The van der Waals surface area contributed by atoms with E-state index in [-0.39, 0.29) is 18.0 Å². The van der Waals surface area contributed by atoms with Crippen LogP contribution in [0.3, 0.4) is 0 Å². The number of anilines is 1. The Hall–Kier alpha value is -1.97. The summed E-state index contributed by atoms with van der Waals surface area (Å²) in [6.07, 6.45) is 2.76. The SMILES string of the molecule is CC(C)OCCCNC(=NC[C@H]1COCCO1)N1CCN(c2ncccc2F)CC1. The average molecular weight is 424 g/mol. The van der Waals surface area contributed by atoms with Gasteiger partial charge in [-0.1, -0.05) is 0 Å². The summed E-state index contributed by atoms with van der Waals surface area (Å²) in [6, 6.07) is 3.07. The zero-order valence-electron chi connectivity index (χ0n) is 18.1. The first-order valence-electron chi connectivity index (χ1n) is 10.8. The minimum atomic E-state index is -0.280. The molecule has 0 radical (unpaired) electrons. The molecule has 0 amide bonds. The van der Waals surface area contributed by atoms with Crippen LogP contribution in [0.1, 0.15) is 20.3 Å². The Morgan fingerprint density at radius 2 is 2.17 bits per heavy atom. The minimum Gasteiger partial charge on any atom is -0.379 e. The van der Waals surface area contributed by atoms with Gasteiger partial charge in [-0.15, -0.1) is 0 Å². The molecule has 0 spiro atoms. The summed E-state index contributed by atoms with van der Waals surface area (Å²) in [7, 11) is 0. The van der Waals surface area contributed by atoms with Crippen molar-refractivity contribution in [2.75, 3.05) is 70.6 Å². The summed E-state index contributed by atoms with van der Waals surface area (Å²) in [5, 5.41) is 3.46. The molecular weight excluding hydrogens is 389 g/mol. The van der Waals surface area contributed by atoms with Gasteiger partial charge in [-0.25, -0.2) is 9.37 Å². The zero-order valence-corrected chi connectivity index (χ0v) is 18.1. The number of guanidine groups is 1. The van der Waals surface area contributed by atoms with Gasteiger partial charge in [-0.05, 0) is 32.4 Å². The van der Waals surface area contributed by atoms with Crippen LogP contribution in [0.15, 0.2) is 23.3 Å². The topological polar surface area (TPSA) is 71.5 Å². The maximum Gasteiger partial charge on any atom is 0.194 e. The Kier molecular flexibility index (Phi) is 9.10. The van der Waals surface area contributed by atoms with Crippen molar-refractivity contribution in [1.29, 1.82) is 0 Å². The second-order valence-corrected chi connectivity index (χ2v) is 7.71. The number of pyridine rings is 1. The summed E-state index contributed by atoms with van der Waals surface area (Å²) < 4.78 is 30.9. The van der Waals surface area contributed by atoms with Gasteiger partial charge >= 0.3 is 0 Å². The van der Waals surface area contributed by atoms with Gasteiger partial charge in [0.2, 0.25) is 0 Å². The van der Waals surface area contributed by atoms with Gasteiger partial charge < -0.3 is 29.3 Å². The minimum absolute atomic E-state index is 0.0104. The Bertz CT molecular complexity index is 662. The molecule has 30 heavy (non-hydrogen) atoms. The number of piperazine rings is 1. The summed E-state index contributed by atoms with van der Waals surface area (Å²) in [5.74, 6) is 0.995. The molecule has 0 bridgehead atoms. The summed E-state index contributed by atoms with van der Waals surface area (Å²) in [4.78, 5) is 13.2. The standard InChI is InChI=1S/C21H34FN5O3/c1-17(2)29-12-4-7-24-21(25-15-18-16-28-13-14-30-18)27-10-8-26(9-11-27)20-19(22)5-3-6-23-20/h3,5-6,17-18H,4,7-16H2,1-2H3,(H,24,25)/t18-/m0/s1. The van der Waals surface area contributed by atoms with E-state index in [1.807, 2.05) is 18.7 Å². The Morgan fingerprint density at radius 1 is 1.33 bits per heavy atom. The fraction of sp³-hybridized carbons (Fsp3) is 0.714. The van der Waals surface area contributed by atoms with Crippen LogP contribution >= 0.6 is 0 Å². The number of halogens is 1. The number of aliphatic imine (C=N–C) groups is 1. The lowest BCUT2D eigenvalue weighted by molar-refractivity contribution is -0.0833. The third-order valence-corrected chi connectivity index (χ3v) is 5.00. The molecule has 168 valence electrons. The normalized spacial score (nSPS) is 20.7. The molecule has 0 aliphatic carbocycles. The van der Waals surface area contributed by atoms with Crippen molar-refractivity contribution in [1.82, 2.24) is 15.2 Å². The van der Waals surface area contributed by atoms with Crippen LogP contribution in [0, 0.1) is 5.82 Å². The molecule has 2 saturated heterocycles. The molecule has 1 N–H and O–H groups in total. The quantitative estimate of drug-likeness (QED) is 0.386. The molecule has 0 unspecified atom stereocenters. The molecule has 2 fully saturated rings. The second kappa shape index (κ2) is 12.0. The molecule has 0 saturated carbocycles. The molecule has 3 rings (SSSR count).